The van der Waals surface area contributed by atoms with Crippen LogP contribution in [0.2, 0.25) is 0 Å². The van der Waals surface area contributed by atoms with E-state index in [1.165, 1.54) is 6.92 Å². The van der Waals surface area contributed by atoms with Crippen LogP contribution in [0, 0.1) is 6.92 Å². The Morgan fingerprint density at radius 3 is 2.52 bits per heavy atom. The molecule has 1 atom stereocenters. The molecule has 0 fully saturated rings. The van der Waals surface area contributed by atoms with E-state index in [0.29, 0.717) is 0 Å². The van der Waals surface area contributed by atoms with E-state index in [0.717, 1.165) is 18.3 Å². The van der Waals surface area contributed by atoms with Crippen LogP contribution in [0.1, 0.15) is 35.1 Å². The maximum Gasteiger partial charge on any atom is 0.409 e. The van der Waals surface area contributed by atoms with Gasteiger partial charge in [0, 0.05) is 0 Å². The van der Waals surface area contributed by atoms with Gasteiger partial charge < -0.3 is 4.74 Å². The molecule has 0 amide bonds. The van der Waals surface area contributed by atoms with Gasteiger partial charge >= 0.3 is 17.8 Å². The van der Waals surface area contributed by atoms with E-state index in [1.807, 2.05) is 0 Å². The molecule has 0 aromatic carbocycles. The number of aromatic nitrogens is 2. The zero-order valence-electron chi connectivity index (χ0n) is 12.4. The van der Waals surface area contributed by atoms with Crippen LogP contribution in [0.5, 0.6) is 0 Å². The van der Waals surface area contributed by atoms with E-state index in [9.17, 15) is 27.6 Å². The Balaban J connectivity index is 2.77. The minimum Gasteiger partial charge on any atom is -0.462 e. The molecule has 0 spiro atoms. The number of esters is 1. The van der Waals surface area contributed by atoms with E-state index >= 15 is 0 Å². The molecule has 6 nitrogen and oxygen atoms in total. The highest BCUT2D eigenvalue weighted by Crippen LogP contribution is 2.30. The van der Waals surface area contributed by atoms with Crippen molar-refractivity contribution in [3.63, 3.8) is 0 Å². The van der Waals surface area contributed by atoms with Gasteiger partial charge in [0.1, 0.15) is 15.7 Å². The van der Waals surface area contributed by atoms with Gasteiger partial charge in [-0.15, -0.1) is 11.3 Å². The van der Waals surface area contributed by atoms with Crippen molar-refractivity contribution in [2.45, 2.75) is 33.0 Å². The third kappa shape index (κ3) is 2.90. The van der Waals surface area contributed by atoms with Crippen LogP contribution in [0.4, 0.5) is 13.2 Å². The molecule has 0 saturated heterocycles. The number of aryl methyl sites for hydroxylation is 1. The second kappa shape index (κ2) is 5.84. The van der Waals surface area contributed by atoms with Gasteiger partial charge in [0.2, 0.25) is 0 Å². The van der Waals surface area contributed by atoms with E-state index in [4.69, 9.17) is 4.74 Å². The van der Waals surface area contributed by atoms with Crippen LogP contribution < -0.4 is 11.2 Å². The molecule has 2 heterocycles. The fraction of sp³-hybridized carbons (Fsp3) is 0.462. The Bertz CT molecular complexity index is 878. The maximum atomic E-state index is 12.8. The first-order valence-corrected chi connectivity index (χ1v) is 7.43. The number of halogens is 3. The molecule has 0 aliphatic rings. The van der Waals surface area contributed by atoms with Crippen LogP contribution in [0.3, 0.4) is 0 Å². The molecule has 1 N–H and O–H groups in total. The Labute approximate surface area is 131 Å². The summed E-state index contributed by atoms with van der Waals surface area (Å²) in [5, 5.41) is -0.117. The second-order valence-corrected chi connectivity index (χ2v) is 5.82. The quantitative estimate of drug-likeness (QED) is 0.862. The summed E-state index contributed by atoms with van der Waals surface area (Å²) in [5.74, 6) is -0.693. The zero-order chi connectivity index (χ0) is 17.5. The highest BCUT2D eigenvalue weighted by Gasteiger charge is 2.39. The van der Waals surface area contributed by atoms with Crippen LogP contribution in [-0.4, -0.2) is 28.3 Å². The van der Waals surface area contributed by atoms with Crippen molar-refractivity contribution in [2.24, 2.45) is 0 Å². The van der Waals surface area contributed by atoms with Crippen LogP contribution in [0.15, 0.2) is 9.59 Å². The fourth-order valence-corrected chi connectivity index (χ4v) is 3.20. The van der Waals surface area contributed by atoms with Crippen molar-refractivity contribution < 1.29 is 22.7 Å². The lowest BCUT2D eigenvalue weighted by molar-refractivity contribution is -0.164. The van der Waals surface area contributed by atoms with Gasteiger partial charge in [-0.1, -0.05) is 0 Å². The maximum absolute atomic E-state index is 12.8. The molecule has 0 radical (unpaired) electrons. The number of hydrogen-bond donors (Lipinski definition) is 1. The summed E-state index contributed by atoms with van der Waals surface area (Å²) in [5.41, 5.74) is -2.07. The van der Waals surface area contributed by atoms with Crippen LogP contribution in [-0.2, 0) is 4.74 Å². The largest absolute Gasteiger partial charge is 0.462 e. The molecule has 2 aromatic heterocycles. The molecular weight excluding hydrogens is 337 g/mol. The molecule has 10 heteroatoms. The minimum atomic E-state index is -4.75. The number of H-pyrrole nitrogens is 1. The molecule has 126 valence electrons. The number of alkyl halides is 3. The van der Waals surface area contributed by atoms with Crippen LogP contribution >= 0.6 is 11.3 Å². The average molecular weight is 350 g/mol. The lowest BCUT2D eigenvalue weighted by Gasteiger charge is -2.17. The van der Waals surface area contributed by atoms with E-state index in [1.54, 1.807) is 6.92 Å². The molecular formula is C13H13F3N2O4S. The highest BCUT2D eigenvalue weighted by molar-refractivity contribution is 7.20. The molecule has 0 aliphatic carbocycles. The standard InChI is InChI=1S/C13H13F3N2O4S/c1-4-22-11(20)8-5(2)7-9(23-8)17-12(21)18(10(7)19)6(3)13(14,15)16/h6H,4H2,1-3H3,(H,17,21). The number of nitrogens with one attached hydrogen (secondary N) is 1. The number of ether oxygens (including phenoxy) is 1. The van der Waals surface area contributed by atoms with Gasteiger partial charge in [0.15, 0.2) is 0 Å². The average Bonchev–Trinajstić information content (AvgIpc) is 2.75. The SMILES string of the molecule is CCOC(=O)c1sc2[nH]c(=O)n(C(C)C(F)(F)F)c(=O)c2c1C. The Kier molecular flexibility index (Phi) is 4.38. The summed E-state index contributed by atoms with van der Waals surface area (Å²) in [4.78, 5) is 38.4. The van der Waals surface area contributed by atoms with E-state index in [-0.39, 0.29) is 31.8 Å². The number of carbonyl (C=O) groups excluding carboxylic acids is 1. The summed E-state index contributed by atoms with van der Waals surface area (Å²) < 4.78 is 43.5. The van der Waals surface area contributed by atoms with Crippen molar-refractivity contribution in [3.8, 4) is 0 Å². The zero-order valence-corrected chi connectivity index (χ0v) is 13.2. The summed E-state index contributed by atoms with van der Waals surface area (Å²) in [7, 11) is 0. The number of carbonyl (C=O) groups is 1. The summed E-state index contributed by atoms with van der Waals surface area (Å²) >= 11 is 0.804. The lowest BCUT2D eigenvalue weighted by atomic mass is 10.2. The summed E-state index contributed by atoms with van der Waals surface area (Å²) in [6.07, 6.45) is -4.75. The number of nitrogens with zero attached hydrogens (tertiary/aromatic N) is 1. The first kappa shape index (κ1) is 17.3. The van der Waals surface area contributed by atoms with Crippen molar-refractivity contribution in [3.05, 3.63) is 31.3 Å². The topological polar surface area (TPSA) is 81.2 Å². The Morgan fingerprint density at radius 1 is 1.39 bits per heavy atom. The predicted molar refractivity (Wildman–Crippen MR) is 78.2 cm³/mol. The first-order chi connectivity index (χ1) is 10.6. The van der Waals surface area contributed by atoms with Gasteiger partial charge in [0.05, 0.1) is 12.0 Å². The van der Waals surface area contributed by atoms with E-state index in [2.05, 4.69) is 4.98 Å². The fourth-order valence-electron chi connectivity index (χ4n) is 2.12. The number of hydrogen-bond acceptors (Lipinski definition) is 5. The van der Waals surface area contributed by atoms with Crippen molar-refractivity contribution in [1.29, 1.82) is 0 Å². The molecule has 0 aliphatic heterocycles. The van der Waals surface area contributed by atoms with Gasteiger partial charge in [-0.3, -0.25) is 9.78 Å². The number of rotatable bonds is 3. The van der Waals surface area contributed by atoms with Gasteiger partial charge in [0.25, 0.3) is 5.56 Å². The van der Waals surface area contributed by atoms with Crippen molar-refractivity contribution in [2.75, 3.05) is 6.61 Å². The van der Waals surface area contributed by atoms with Gasteiger partial charge in [-0.25, -0.2) is 14.2 Å². The van der Waals surface area contributed by atoms with Crippen LogP contribution in [0.25, 0.3) is 10.2 Å². The molecule has 2 aromatic rings. The molecule has 2 rings (SSSR count). The molecule has 0 bridgehead atoms. The molecule has 23 heavy (non-hydrogen) atoms. The normalized spacial score (nSPS) is 13.3. The Morgan fingerprint density at radius 2 is 2.00 bits per heavy atom. The van der Waals surface area contributed by atoms with Crippen molar-refractivity contribution in [1.82, 2.24) is 9.55 Å². The highest BCUT2D eigenvalue weighted by atomic mass is 32.1. The monoisotopic (exact) mass is 350 g/mol. The Hall–Kier alpha value is -2.10. The number of fused-ring (bicyclic) bond motifs is 1. The molecule has 1 unspecified atom stereocenters. The number of aromatic amines is 1. The van der Waals surface area contributed by atoms with E-state index < -0.39 is 29.4 Å². The van der Waals surface area contributed by atoms with Gasteiger partial charge in [-0.2, -0.15) is 13.2 Å². The lowest BCUT2D eigenvalue weighted by Crippen LogP contribution is -2.42. The molecule has 0 saturated carbocycles. The third-order valence-corrected chi connectivity index (χ3v) is 4.53. The summed E-state index contributed by atoms with van der Waals surface area (Å²) in [6.45, 7) is 3.85. The first-order valence-electron chi connectivity index (χ1n) is 6.61. The smallest absolute Gasteiger partial charge is 0.409 e. The van der Waals surface area contributed by atoms with Crippen molar-refractivity contribution >= 4 is 27.5 Å². The van der Waals surface area contributed by atoms with Gasteiger partial charge in [-0.05, 0) is 26.3 Å². The second-order valence-electron chi connectivity index (χ2n) is 4.80. The number of thiophene rings is 1. The summed E-state index contributed by atoms with van der Waals surface area (Å²) in [6, 6.07) is -2.28. The predicted octanol–water partition coefficient (Wildman–Crippen LogP) is 2.36. The third-order valence-electron chi connectivity index (χ3n) is 3.34. The minimum absolute atomic E-state index is 0.0474.